The molecule has 98 valence electrons. The summed E-state index contributed by atoms with van der Waals surface area (Å²) in [6.45, 7) is 3.99. The van der Waals surface area contributed by atoms with Crippen LogP contribution in [-0.2, 0) is 9.59 Å². The van der Waals surface area contributed by atoms with E-state index in [4.69, 9.17) is 5.73 Å². The molecule has 5 nitrogen and oxygen atoms in total. The Bertz CT molecular complexity index is 444. The summed E-state index contributed by atoms with van der Waals surface area (Å²) in [5, 5.41) is 5.52. The van der Waals surface area contributed by atoms with Gasteiger partial charge in [0.05, 0.1) is 0 Å². The zero-order chi connectivity index (χ0) is 13.5. The van der Waals surface area contributed by atoms with E-state index in [1.807, 2.05) is 19.1 Å². The van der Waals surface area contributed by atoms with Gasteiger partial charge < -0.3 is 16.4 Å². The third-order valence-corrected chi connectivity index (χ3v) is 2.49. The van der Waals surface area contributed by atoms with Crippen LogP contribution >= 0.6 is 0 Å². The van der Waals surface area contributed by atoms with Gasteiger partial charge in [-0.2, -0.15) is 0 Å². The monoisotopic (exact) mass is 249 g/mol. The van der Waals surface area contributed by atoms with E-state index in [0.717, 1.165) is 5.56 Å². The number of carbonyl (C=O) groups is 2. The van der Waals surface area contributed by atoms with Gasteiger partial charge in [-0.15, -0.1) is 0 Å². The van der Waals surface area contributed by atoms with Gasteiger partial charge in [0.25, 0.3) is 0 Å². The lowest BCUT2D eigenvalue weighted by atomic mass is 10.1. The topological polar surface area (TPSA) is 84.2 Å². The highest BCUT2D eigenvalue weighted by atomic mass is 16.2. The molecule has 0 saturated carbocycles. The summed E-state index contributed by atoms with van der Waals surface area (Å²) in [5.41, 5.74) is 7.63. The highest BCUT2D eigenvalue weighted by molar-refractivity contribution is 5.94. The van der Waals surface area contributed by atoms with E-state index in [1.54, 1.807) is 13.0 Å². The smallest absolute Gasteiger partial charge is 0.225 e. The number of aryl methyl sites for hydroxylation is 1. The normalized spacial score (nSPS) is 9.94. The van der Waals surface area contributed by atoms with Crippen molar-refractivity contribution < 1.29 is 9.59 Å². The van der Waals surface area contributed by atoms with Crippen molar-refractivity contribution in [1.82, 2.24) is 0 Å². The average Bonchev–Trinajstić information content (AvgIpc) is 2.33. The Labute approximate surface area is 107 Å². The van der Waals surface area contributed by atoms with Crippen LogP contribution in [0.4, 0.5) is 11.4 Å². The largest absolute Gasteiger partial charge is 0.330 e. The van der Waals surface area contributed by atoms with E-state index in [9.17, 15) is 9.59 Å². The maximum absolute atomic E-state index is 11.5. The SMILES string of the molecule is CCC(=O)Nc1ccc(C)c(NC(=O)CCN)c1. The van der Waals surface area contributed by atoms with Crippen molar-refractivity contribution in [3.05, 3.63) is 23.8 Å². The molecule has 0 fully saturated rings. The molecule has 5 heteroatoms. The molecular formula is C13H19N3O2. The van der Waals surface area contributed by atoms with E-state index in [1.165, 1.54) is 0 Å². The Hall–Kier alpha value is -1.88. The molecule has 0 aromatic heterocycles. The van der Waals surface area contributed by atoms with Gasteiger partial charge in [-0.3, -0.25) is 9.59 Å². The van der Waals surface area contributed by atoms with Crippen LogP contribution in [0.5, 0.6) is 0 Å². The molecule has 4 N–H and O–H groups in total. The third kappa shape index (κ3) is 4.18. The van der Waals surface area contributed by atoms with Gasteiger partial charge >= 0.3 is 0 Å². The summed E-state index contributed by atoms with van der Waals surface area (Å²) < 4.78 is 0. The van der Waals surface area contributed by atoms with Gasteiger partial charge in [0.1, 0.15) is 0 Å². The number of amides is 2. The molecule has 0 aliphatic rings. The van der Waals surface area contributed by atoms with E-state index >= 15 is 0 Å². The van der Waals surface area contributed by atoms with E-state index in [-0.39, 0.29) is 18.2 Å². The fourth-order valence-corrected chi connectivity index (χ4v) is 1.43. The molecule has 1 rings (SSSR count). The summed E-state index contributed by atoms with van der Waals surface area (Å²) in [7, 11) is 0. The lowest BCUT2D eigenvalue weighted by molar-refractivity contribution is -0.116. The fourth-order valence-electron chi connectivity index (χ4n) is 1.43. The fraction of sp³-hybridized carbons (Fsp3) is 0.385. The second kappa shape index (κ2) is 6.76. The molecule has 0 atom stereocenters. The predicted octanol–water partition coefficient (Wildman–Crippen LogP) is 1.63. The maximum Gasteiger partial charge on any atom is 0.225 e. The van der Waals surface area contributed by atoms with Crippen LogP contribution in [0, 0.1) is 6.92 Å². The lowest BCUT2D eigenvalue weighted by Gasteiger charge is -2.11. The Morgan fingerprint density at radius 1 is 1.22 bits per heavy atom. The molecule has 0 radical (unpaired) electrons. The van der Waals surface area contributed by atoms with Crippen LogP contribution in [0.25, 0.3) is 0 Å². The number of rotatable bonds is 5. The van der Waals surface area contributed by atoms with Gasteiger partial charge in [0.15, 0.2) is 0 Å². The number of hydrogen-bond acceptors (Lipinski definition) is 3. The zero-order valence-electron chi connectivity index (χ0n) is 10.7. The summed E-state index contributed by atoms with van der Waals surface area (Å²) in [5.74, 6) is -0.183. The molecule has 0 bridgehead atoms. The predicted molar refractivity (Wildman–Crippen MR) is 72.4 cm³/mol. The van der Waals surface area contributed by atoms with Gasteiger partial charge in [0.2, 0.25) is 11.8 Å². The minimum Gasteiger partial charge on any atom is -0.330 e. The van der Waals surface area contributed by atoms with E-state index < -0.39 is 0 Å². The third-order valence-electron chi connectivity index (χ3n) is 2.49. The molecule has 0 unspecified atom stereocenters. The first kappa shape index (κ1) is 14.2. The van der Waals surface area contributed by atoms with Gasteiger partial charge in [-0.25, -0.2) is 0 Å². The number of nitrogens with two attached hydrogens (primary N) is 1. The number of anilines is 2. The molecule has 1 aromatic carbocycles. The Morgan fingerprint density at radius 3 is 2.56 bits per heavy atom. The first-order valence-electron chi connectivity index (χ1n) is 5.97. The highest BCUT2D eigenvalue weighted by Gasteiger charge is 2.06. The summed E-state index contributed by atoms with van der Waals surface area (Å²) in [6, 6.07) is 5.40. The molecule has 0 saturated heterocycles. The van der Waals surface area contributed by atoms with Crippen molar-refractivity contribution in [1.29, 1.82) is 0 Å². The van der Waals surface area contributed by atoms with Crippen molar-refractivity contribution in [2.75, 3.05) is 17.2 Å². The molecule has 1 aromatic rings. The average molecular weight is 249 g/mol. The number of benzene rings is 1. The highest BCUT2D eigenvalue weighted by Crippen LogP contribution is 2.20. The molecule has 0 spiro atoms. The van der Waals surface area contributed by atoms with Crippen LogP contribution in [0.15, 0.2) is 18.2 Å². The lowest BCUT2D eigenvalue weighted by Crippen LogP contribution is -2.17. The van der Waals surface area contributed by atoms with Gasteiger partial charge in [-0.1, -0.05) is 13.0 Å². The Balaban J connectivity index is 2.80. The van der Waals surface area contributed by atoms with Crippen LogP contribution in [0.1, 0.15) is 25.3 Å². The minimum absolute atomic E-state index is 0.0573. The van der Waals surface area contributed by atoms with Crippen LogP contribution in [0.2, 0.25) is 0 Å². The number of carbonyl (C=O) groups excluding carboxylic acids is 2. The van der Waals surface area contributed by atoms with Crippen LogP contribution in [0.3, 0.4) is 0 Å². The molecular weight excluding hydrogens is 230 g/mol. The molecule has 2 amide bonds. The summed E-state index contributed by atoms with van der Waals surface area (Å²) >= 11 is 0. The minimum atomic E-state index is -0.125. The van der Waals surface area contributed by atoms with Crippen LogP contribution < -0.4 is 16.4 Å². The first-order chi connectivity index (χ1) is 8.56. The summed E-state index contributed by atoms with van der Waals surface area (Å²) in [6.07, 6.45) is 0.702. The van der Waals surface area contributed by atoms with Crippen molar-refractivity contribution in [3.63, 3.8) is 0 Å². The van der Waals surface area contributed by atoms with Crippen LogP contribution in [-0.4, -0.2) is 18.4 Å². The van der Waals surface area contributed by atoms with E-state index in [2.05, 4.69) is 10.6 Å². The van der Waals surface area contributed by atoms with Gasteiger partial charge in [-0.05, 0) is 24.6 Å². The van der Waals surface area contributed by atoms with Crippen molar-refractivity contribution in [2.45, 2.75) is 26.7 Å². The van der Waals surface area contributed by atoms with Crippen molar-refractivity contribution in [3.8, 4) is 0 Å². The number of nitrogens with one attached hydrogen (secondary N) is 2. The second-order valence-electron chi connectivity index (χ2n) is 4.02. The quantitative estimate of drug-likeness (QED) is 0.741. The Morgan fingerprint density at radius 2 is 1.94 bits per heavy atom. The number of hydrogen-bond donors (Lipinski definition) is 3. The van der Waals surface area contributed by atoms with E-state index in [0.29, 0.717) is 24.3 Å². The second-order valence-corrected chi connectivity index (χ2v) is 4.02. The maximum atomic E-state index is 11.5. The first-order valence-corrected chi connectivity index (χ1v) is 5.97. The standard InChI is InChI=1S/C13H19N3O2/c1-3-12(17)15-10-5-4-9(2)11(8-10)16-13(18)6-7-14/h4-5,8H,3,6-7,14H2,1-2H3,(H,15,17)(H,16,18). The molecule has 0 aliphatic carbocycles. The molecule has 0 heterocycles. The van der Waals surface area contributed by atoms with Crippen molar-refractivity contribution in [2.24, 2.45) is 5.73 Å². The Kier molecular flexibility index (Phi) is 5.32. The molecule has 0 aliphatic heterocycles. The summed E-state index contributed by atoms with van der Waals surface area (Å²) in [4.78, 5) is 22.8. The zero-order valence-corrected chi connectivity index (χ0v) is 10.7. The van der Waals surface area contributed by atoms with Crippen molar-refractivity contribution >= 4 is 23.2 Å². The molecule has 18 heavy (non-hydrogen) atoms. The van der Waals surface area contributed by atoms with Gasteiger partial charge in [0, 0.05) is 30.8 Å².